The van der Waals surface area contributed by atoms with Crippen LogP contribution in [0.4, 0.5) is 9.93 Å². The summed E-state index contributed by atoms with van der Waals surface area (Å²) in [4.78, 5) is 41.7. The maximum Gasteiger partial charge on any atom is 0.321 e. The minimum atomic E-state index is -0.375. The van der Waals surface area contributed by atoms with Crippen LogP contribution in [0, 0.1) is 6.92 Å². The number of aryl methyl sites for hydroxylation is 1. The summed E-state index contributed by atoms with van der Waals surface area (Å²) in [5.74, 6) is -0.316. The normalized spacial score (nSPS) is 11.4. The van der Waals surface area contributed by atoms with Gasteiger partial charge in [0.25, 0.3) is 5.91 Å². The average Bonchev–Trinajstić information content (AvgIpc) is 3.27. The van der Waals surface area contributed by atoms with Crippen molar-refractivity contribution in [1.29, 1.82) is 0 Å². The van der Waals surface area contributed by atoms with Crippen LogP contribution in [0.1, 0.15) is 65.0 Å². The number of hydrogen-bond donors (Lipinski definition) is 3. The molecule has 1 heterocycles. The van der Waals surface area contributed by atoms with E-state index in [4.69, 9.17) is 4.74 Å². The average molecular weight is 523 g/mol. The second-order valence-corrected chi connectivity index (χ2v) is 9.59. The molecule has 37 heavy (non-hydrogen) atoms. The van der Waals surface area contributed by atoms with E-state index in [1.165, 1.54) is 0 Å². The Morgan fingerprint density at radius 1 is 0.973 bits per heavy atom. The van der Waals surface area contributed by atoms with Crippen LogP contribution < -0.4 is 16.0 Å². The van der Waals surface area contributed by atoms with E-state index >= 15 is 0 Å². The van der Waals surface area contributed by atoms with Gasteiger partial charge in [0.1, 0.15) is 4.88 Å². The molecule has 0 aliphatic carbocycles. The second-order valence-electron chi connectivity index (χ2n) is 8.60. The first-order valence-corrected chi connectivity index (χ1v) is 13.3. The SMILES string of the molecule is CCOC(=O)CC(CCCCNC(=O)c1sc(NC(=O)NCc2ccccc2)nc1C)c1ccccc1. The van der Waals surface area contributed by atoms with E-state index in [-0.39, 0.29) is 23.8 Å². The number of amides is 3. The van der Waals surface area contributed by atoms with Crippen molar-refractivity contribution in [1.82, 2.24) is 15.6 Å². The van der Waals surface area contributed by atoms with E-state index in [0.717, 1.165) is 41.7 Å². The Kier molecular flexibility index (Phi) is 11.1. The van der Waals surface area contributed by atoms with Gasteiger partial charge in [-0.05, 0) is 43.7 Å². The van der Waals surface area contributed by atoms with Gasteiger partial charge in [-0.1, -0.05) is 78.4 Å². The topological polar surface area (TPSA) is 109 Å². The molecule has 3 N–H and O–H groups in total. The lowest BCUT2D eigenvalue weighted by Crippen LogP contribution is -2.28. The summed E-state index contributed by atoms with van der Waals surface area (Å²) in [6.07, 6.45) is 2.81. The molecule has 2 aromatic carbocycles. The highest BCUT2D eigenvalue weighted by atomic mass is 32.1. The molecule has 0 saturated carbocycles. The van der Waals surface area contributed by atoms with Crippen molar-refractivity contribution in [2.24, 2.45) is 0 Å². The number of anilines is 1. The summed E-state index contributed by atoms with van der Waals surface area (Å²) < 4.78 is 5.14. The number of esters is 1. The summed E-state index contributed by atoms with van der Waals surface area (Å²) in [5.41, 5.74) is 2.68. The van der Waals surface area contributed by atoms with Crippen LogP contribution in [0.15, 0.2) is 60.7 Å². The molecular weight excluding hydrogens is 488 g/mol. The largest absolute Gasteiger partial charge is 0.466 e. The fraction of sp³-hybridized carbons (Fsp3) is 0.357. The van der Waals surface area contributed by atoms with Gasteiger partial charge < -0.3 is 15.4 Å². The first kappa shape index (κ1) is 27.9. The lowest BCUT2D eigenvalue weighted by molar-refractivity contribution is -0.143. The van der Waals surface area contributed by atoms with Crippen molar-refractivity contribution in [3.63, 3.8) is 0 Å². The van der Waals surface area contributed by atoms with Crippen molar-refractivity contribution >= 4 is 34.4 Å². The lowest BCUT2D eigenvalue weighted by Gasteiger charge is -2.16. The Bertz CT molecular complexity index is 1150. The van der Waals surface area contributed by atoms with Gasteiger partial charge >= 0.3 is 12.0 Å². The van der Waals surface area contributed by atoms with Gasteiger partial charge in [0.15, 0.2) is 5.13 Å². The molecule has 8 nitrogen and oxygen atoms in total. The molecule has 0 spiro atoms. The van der Waals surface area contributed by atoms with E-state index in [1.54, 1.807) is 6.92 Å². The minimum absolute atomic E-state index is 0.0846. The van der Waals surface area contributed by atoms with Gasteiger partial charge in [0.05, 0.1) is 18.7 Å². The fourth-order valence-electron chi connectivity index (χ4n) is 3.91. The molecule has 3 aromatic rings. The number of ether oxygens (including phenoxy) is 1. The number of thiazole rings is 1. The maximum atomic E-state index is 12.7. The summed E-state index contributed by atoms with van der Waals surface area (Å²) in [7, 11) is 0. The van der Waals surface area contributed by atoms with E-state index in [1.807, 2.05) is 67.6 Å². The number of benzene rings is 2. The Morgan fingerprint density at radius 2 is 1.68 bits per heavy atom. The fourth-order valence-corrected chi connectivity index (χ4v) is 4.79. The molecule has 9 heteroatoms. The number of aromatic nitrogens is 1. The maximum absolute atomic E-state index is 12.7. The van der Waals surface area contributed by atoms with Crippen LogP contribution in [-0.4, -0.2) is 36.0 Å². The Hall–Kier alpha value is -3.72. The number of carbonyl (C=O) groups excluding carboxylic acids is 3. The number of urea groups is 1. The smallest absolute Gasteiger partial charge is 0.321 e. The number of nitrogens with one attached hydrogen (secondary N) is 3. The summed E-state index contributed by atoms with van der Waals surface area (Å²) in [5, 5.41) is 8.79. The van der Waals surface area contributed by atoms with E-state index < -0.39 is 0 Å². The lowest BCUT2D eigenvalue weighted by atomic mass is 9.90. The van der Waals surface area contributed by atoms with Gasteiger partial charge in [0.2, 0.25) is 0 Å². The highest BCUT2D eigenvalue weighted by molar-refractivity contribution is 7.17. The zero-order chi connectivity index (χ0) is 26.5. The molecule has 0 aliphatic rings. The molecule has 1 aromatic heterocycles. The van der Waals surface area contributed by atoms with Crippen LogP contribution in [0.25, 0.3) is 0 Å². The molecule has 1 unspecified atom stereocenters. The van der Waals surface area contributed by atoms with Crippen LogP contribution >= 0.6 is 11.3 Å². The third-order valence-corrected chi connectivity index (χ3v) is 6.85. The molecule has 0 radical (unpaired) electrons. The predicted octanol–water partition coefficient (Wildman–Crippen LogP) is 5.41. The molecule has 1 atom stereocenters. The molecule has 0 saturated heterocycles. The van der Waals surface area contributed by atoms with Gasteiger partial charge in [0, 0.05) is 13.1 Å². The standard InChI is InChI=1S/C28H34N4O4S/c1-3-36-24(33)18-23(22-14-8-5-9-15-22)16-10-11-17-29-26(34)25-20(2)31-28(37-25)32-27(35)30-19-21-12-6-4-7-13-21/h4-9,12-15,23H,3,10-11,16-19H2,1-2H3,(H,29,34)(H2,30,31,32,35). The van der Waals surface area contributed by atoms with Crippen LogP contribution in [0.3, 0.4) is 0 Å². The van der Waals surface area contributed by atoms with Crippen molar-refractivity contribution in [3.05, 3.63) is 82.4 Å². The molecule has 0 aliphatic heterocycles. The number of rotatable bonds is 13. The van der Waals surface area contributed by atoms with Gasteiger partial charge in [-0.25, -0.2) is 9.78 Å². The number of nitrogens with zero attached hydrogens (tertiary/aromatic N) is 1. The van der Waals surface area contributed by atoms with Crippen LogP contribution in [0.2, 0.25) is 0 Å². The highest BCUT2D eigenvalue weighted by Gasteiger charge is 2.18. The zero-order valence-electron chi connectivity index (χ0n) is 21.3. The molecule has 3 rings (SSSR count). The number of hydrogen-bond acceptors (Lipinski definition) is 6. The summed E-state index contributed by atoms with van der Waals surface area (Å²) >= 11 is 1.15. The van der Waals surface area contributed by atoms with Crippen molar-refractivity contribution in [2.45, 2.75) is 52.0 Å². The number of unbranched alkanes of at least 4 members (excludes halogenated alkanes) is 1. The minimum Gasteiger partial charge on any atom is -0.466 e. The molecule has 0 fully saturated rings. The van der Waals surface area contributed by atoms with Crippen LogP contribution in [-0.2, 0) is 16.1 Å². The highest BCUT2D eigenvalue weighted by Crippen LogP contribution is 2.26. The van der Waals surface area contributed by atoms with Crippen LogP contribution in [0.5, 0.6) is 0 Å². The molecule has 0 bridgehead atoms. The summed E-state index contributed by atoms with van der Waals surface area (Å²) in [6.45, 7) is 4.84. The molecule has 3 amide bonds. The molecular formula is C28H34N4O4S. The third-order valence-electron chi connectivity index (χ3n) is 5.77. The summed E-state index contributed by atoms with van der Waals surface area (Å²) in [6, 6.07) is 19.2. The van der Waals surface area contributed by atoms with Crippen molar-refractivity contribution in [2.75, 3.05) is 18.5 Å². The monoisotopic (exact) mass is 522 g/mol. The van der Waals surface area contributed by atoms with E-state index in [2.05, 4.69) is 20.9 Å². The van der Waals surface area contributed by atoms with Crippen molar-refractivity contribution in [3.8, 4) is 0 Å². The zero-order valence-corrected chi connectivity index (χ0v) is 22.1. The van der Waals surface area contributed by atoms with E-state index in [9.17, 15) is 14.4 Å². The third kappa shape index (κ3) is 9.34. The van der Waals surface area contributed by atoms with Gasteiger partial charge in [-0.15, -0.1) is 0 Å². The predicted molar refractivity (Wildman–Crippen MR) is 146 cm³/mol. The Morgan fingerprint density at radius 3 is 2.38 bits per heavy atom. The van der Waals surface area contributed by atoms with Crippen molar-refractivity contribution < 1.29 is 19.1 Å². The quantitative estimate of drug-likeness (QED) is 0.205. The Balaban J connectivity index is 1.42. The molecule has 196 valence electrons. The first-order valence-electron chi connectivity index (χ1n) is 12.5. The van der Waals surface area contributed by atoms with Gasteiger partial charge in [-0.2, -0.15) is 0 Å². The second kappa shape index (κ2) is 14.7. The van der Waals surface area contributed by atoms with Gasteiger partial charge in [-0.3, -0.25) is 14.9 Å². The first-order chi connectivity index (χ1) is 18.0. The van der Waals surface area contributed by atoms with E-state index in [0.29, 0.717) is 41.8 Å². The number of carbonyl (C=O) groups is 3. The Labute approximate surface area is 221 Å².